The first-order valence-corrected chi connectivity index (χ1v) is 9.03. The van der Waals surface area contributed by atoms with Crippen molar-refractivity contribution < 1.29 is 28.5 Å². The Bertz CT molecular complexity index is 792. The first-order chi connectivity index (χ1) is 13.5. The van der Waals surface area contributed by atoms with Gasteiger partial charge in [0.15, 0.2) is 24.2 Å². The van der Waals surface area contributed by atoms with Gasteiger partial charge in [-0.2, -0.15) is 0 Å². The smallest absolute Gasteiger partial charge is 0.344 e. The van der Waals surface area contributed by atoms with Gasteiger partial charge in [0, 0.05) is 0 Å². The molecule has 0 aliphatic rings. The molecule has 7 nitrogen and oxygen atoms in total. The van der Waals surface area contributed by atoms with Crippen LogP contribution in [-0.2, 0) is 14.3 Å². The molecule has 0 saturated carbocycles. The van der Waals surface area contributed by atoms with Crippen LogP contribution in [0, 0.1) is 0 Å². The molecule has 0 spiro atoms. The lowest BCUT2D eigenvalue weighted by Gasteiger charge is -2.16. The Morgan fingerprint density at radius 3 is 2.21 bits per heavy atom. The molecule has 0 radical (unpaired) electrons. The molecule has 0 heterocycles. The Kier molecular flexibility index (Phi) is 8.14. The second-order valence-electron chi connectivity index (χ2n) is 5.91. The monoisotopic (exact) mass is 387 g/mol. The van der Waals surface area contributed by atoms with Crippen LogP contribution in [0.2, 0.25) is 0 Å². The fourth-order valence-corrected chi connectivity index (χ4v) is 2.30. The second-order valence-corrected chi connectivity index (χ2v) is 5.91. The van der Waals surface area contributed by atoms with Gasteiger partial charge in [-0.25, -0.2) is 4.79 Å². The predicted molar refractivity (Wildman–Crippen MR) is 105 cm³/mol. The summed E-state index contributed by atoms with van der Waals surface area (Å²) in [6, 6.07) is 14.0. The maximum Gasteiger partial charge on any atom is 0.344 e. The number of carbonyl (C=O) groups is 2. The molecule has 150 valence electrons. The Hall–Kier alpha value is -3.22. The largest absolute Gasteiger partial charge is 0.495 e. The summed E-state index contributed by atoms with van der Waals surface area (Å²) in [6.45, 7) is 3.70. The third-order valence-electron chi connectivity index (χ3n) is 3.70. The van der Waals surface area contributed by atoms with E-state index in [4.69, 9.17) is 18.9 Å². The van der Waals surface area contributed by atoms with Crippen molar-refractivity contribution in [2.75, 3.05) is 25.6 Å². The molecule has 28 heavy (non-hydrogen) atoms. The second kappa shape index (κ2) is 10.8. The van der Waals surface area contributed by atoms with Crippen LogP contribution in [0.15, 0.2) is 48.5 Å². The van der Waals surface area contributed by atoms with Crippen LogP contribution in [0.3, 0.4) is 0 Å². The molecular formula is C21H25NO6. The van der Waals surface area contributed by atoms with Crippen molar-refractivity contribution in [3.8, 4) is 17.2 Å². The summed E-state index contributed by atoms with van der Waals surface area (Å²) in [5, 5.41) is 2.67. The molecule has 1 N–H and O–H groups in total. The van der Waals surface area contributed by atoms with Crippen molar-refractivity contribution in [2.45, 2.75) is 26.4 Å². The zero-order valence-corrected chi connectivity index (χ0v) is 16.3. The topological polar surface area (TPSA) is 83.1 Å². The molecule has 0 fully saturated rings. The van der Waals surface area contributed by atoms with Crippen molar-refractivity contribution >= 4 is 17.6 Å². The van der Waals surface area contributed by atoms with Crippen LogP contribution >= 0.6 is 0 Å². The first kappa shape index (κ1) is 21.1. The SMILES string of the molecule is CCCOc1ccccc1OCC(=O)O[C@@H](C)C(=O)Nc1ccccc1OC. The summed E-state index contributed by atoms with van der Waals surface area (Å²) >= 11 is 0. The summed E-state index contributed by atoms with van der Waals surface area (Å²) in [5.74, 6) is 0.386. The molecule has 0 aliphatic carbocycles. The maximum absolute atomic E-state index is 12.3. The van der Waals surface area contributed by atoms with Gasteiger partial charge in [-0.1, -0.05) is 31.2 Å². The van der Waals surface area contributed by atoms with E-state index in [2.05, 4.69) is 5.32 Å². The highest BCUT2D eigenvalue weighted by Gasteiger charge is 2.19. The van der Waals surface area contributed by atoms with Gasteiger partial charge in [0.05, 0.1) is 19.4 Å². The van der Waals surface area contributed by atoms with Crippen LogP contribution in [0.5, 0.6) is 17.2 Å². The summed E-state index contributed by atoms with van der Waals surface area (Å²) in [5.41, 5.74) is 0.496. The molecule has 0 aliphatic heterocycles. The summed E-state index contributed by atoms with van der Waals surface area (Å²) in [4.78, 5) is 24.3. The minimum absolute atomic E-state index is 0.335. The van der Waals surface area contributed by atoms with Crippen LogP contribution in [-0.4, -0.2) is 38.3 Å². The highest BCUT2D eigenvalue weighted by atomic mass is 16.6. The van der Waals surface area contributed by atoms with Gasteiger partial charge in [0.1, 0.15) is 5.75 Å². The van der Waals surface area contributed by atoms with Crippen molar-refractivity contribution in [1.82, 2.24) is 0 Å². The lowest BCUT2D eigenvalue weighted by atomic mass is 10.2. The van der Waals surface area contributed by atoms with Crippen LogP contribution in [0.25, 0.3) is 0 Å². The van der Waals surface area contributed by atoms with E-state index in [1.807, 2.05) is 13.0 Å². The number of ether oxygens (including phenoxy) is 4. The Morgan fingerprint density at radius 2 is 1.57 bits per heavy atom. The average Bonchev–Trinajstić information content (AvgIpc) is 2.71. The normalized spacial score (nSPS) is 11.2. The number of amides is 1. The van der Waals surface area contributed by atoms with Crippen LogP contribution in [0.1, 0.15) is 20.3 Å². The van der Waals surface area contributed by atoms with E-state index in [-0.39, 0.29) is 6.61 Å². The number of hydrogen-bond acceptors (Lipinski definition) is 6. The van der Waals surface area contributed by atoms with Crippen LogP contribution in [0.4, 0.5) is 5.69 Å². The molecule has 2 aromatic carbocycles. The number of carbonyl (C=O) groups excluding carboxylic acids is 2. The third kappa shape index (κ3) is 6.19. The number of anilines is 1. The lowest BCUT2D eigenvalue weighted by molar-refractivity contribution is -0.155. The van der Waals surface area contributed by atoms with Crippen LogP contribution < -0.4 is 19.5 Å². The average molecular weight is 387 g/mol. The van der Waals surface area contributed by atoms with Gasteiger partial charge in [-0.05, 0) is 37.6 Å². The highest BCUT2D eigenvalue weighted by molar-refractivity contribution is 5.96. The van der Waals surface area contributed by atoms with E-state index < -0.39 is 18.0 Å². The molecular weight excluding hydrogens is 362 g/mol. The van der Waals surface area contributed by atoms with Gasteiger partial charge in [-0.3, -0.25) is 4.79 Å². The number of benzene rings is 2. The van der Waals surface area contributed by atoms with Gasteiger partial charge in [-0.15, -0.1) is 0 Å². The fourth-order valence-electron chi connectivity index (χ4n) is 2.30. The summed E-state index contributed by atoms with van der Waals surface area (Å²) < 4.78 is 21.4. The Morgan fingerprint density at radius 1 is 0.964 bits per heavy atom. The number of hydrogen-bond donors (Lipinski definition) is 1. The molecule has 7 heteroatoms. The van der Waals surface area contributed by atoms with Gasteiger partial charge < -0.3 is 24.3 Å². The highest BCUT2D eigenvalue weighted by Crippen LogP contribution is 2.26. The molecule has 1 amide bonds. The number of rotatable bonds is 10. The maximum atomic E-state index is 12.3. The van der Waals surface area contributed by atoms with E-state index in [1.165, 1.54) is 14.0 Å². The van der Waals surface area contributed by atoms with Gasteiger partial charge >= 0.3 is 5.97 Å². The molecule has 0 saturated heterocycles. The summed E-state index contributed by atoms with van der Waals surface area (Å²) in [7, 11) is 1.51. The number of esters is 1. The molecule has 2 aromatic rings. The number of nitrogens with one attached hydrogen (secondary N) is 1. The third-order valence-corrected chi connectivity index (χ3v) is 3.70. The first-order valence-electron chi connectivity index (χ1n) is 9.03. The van der Waals surface area contributed by atoms with E-state index >= 15 is 0 Å². The number of para-hydroxylation sites is 4. The van der Waals surface area contributed by atoms with Crippen molar-refractivity contribution in [3.05, 3.63) is 48.5 Å². The zero-order chi connectivity index (χ0) is 20.4. The van der Waals surface area contributed by atoms with E-state index in [9.17, 15) is 9.59 Å². The Labute approximate surface area is 164 Å². The molecule has 0 aromatic heterocycles. The molecule has 2 rings (SSSR count). The van der Waals surface area contributed by atoms with Gasteiger partial charge in [0.25, 0.3) is 5.91 Å². The zero-order valence-electron chi connectivity index (χ0n) is 16.3. The fraction of sp³-hybridized carbons (Fsp3) is 0.333. The standard InChI is InChI=1S/C21H25NO6/c1-4-13-26-18-11-7-8-12-19(18)27-14-20(23)28-15(2)21(24)22-16-9-5-6-10-17(16)25-3/h5-12,15H,4,13-14H2,1-3H3,(H,22,24)/t15-/m0/s1. The predicted octanol–water partition coefficient (Wildman–Crippen LogP) is 3.43. The van der Waals surface area contributed by atoms with Crippen molar-refractivity contribution in [1.29, 1.82) is 0 Å². The quantitative estimate of drug-likeness (QED) is 0.629. The Balaban J connectivity index is 1.86. The molecule has 0 bridgehead atoms. The van der Waals surface area contributed by atoms with Crippen molar-refractivity contribution in [2.24, 2.45) is 0 Å². The van der Waals surface area contributed by atoms with E-state index in [0.29, 0.717) is 29.5 Å². The molecule has 0 unspecified atom stereocenters. The van der Waals surface area contributed by atoms with E-state index in [0.717, 1.165) is 6.42 Å². The lowest BCUT2D eigenvalue weighted by Crippen LogP contribution is -2.31. The molecule has 1 atom stereocenters. The number of methoxy groups -OCH3 is 1. The minimum atomic E-state index is -0.993. The summed E-state index contributed by atoms with van der Waals surface area (Å²) in [6.07, 6.45) is -0.137. The van der Waals surface area contributed by atoms with Crippen molar-refractivity contribution in [3.63, 3.8) is 0 Å². The minimum Gasteiger partial charge on any atom is -0.495 e. The van der Waals surface area contributed by atoms with Gasteiger partial charge in [0.2, 0.25) is 0 Å². The van der Waals surface area contributed by atoms with E-state index in [1.54, 1.807) is 42.5 Å².